The standard InChI is InChI=1S/C12H15NO3/c1-15-12(16-2)11-6-4-3-5-10(11)7-8-13(12)9-14/h3-6,9H,7-8H2,1-2H3. The second-order valence-electron chi connectivity index (χ2n) is 3.70. The van der Waals surface area contributed by atoms with E-state index in [2.05, 4.69) is 0 Å². The average molecular weight is 221 g/mol. The molecule has 0 unspecified atom stereocenters. The summed E-state index contributed by atoms with van der Waals surface area (Å²) in [5, 5.41) is 0. The molecule has 0 radical (unpaired) electrons. The largest absolute Gasteiger partial charge is 0.332 e. The van der Waals surface area contributed by atoms with Crippen LogP contribution in [0.3, 0.4) is 0 Å². The summed E-state index contributed by atoms with van der Waals surface area (Å²) in [6.45, 7) is 0.599. The summed E-state index contributed by atoms with van der Waals surface area (Å²) in [5.41, 5.74) is 2.06. The molecule has 86 valence electrons. The molecule has 4 nitrogen and oxygen atoms in total. The molecular formula is C12H15NO3. The minimum atomic E-state index is -1.07. The Kier molecular flexibility index (Phi) is 2.94. The monoisotopic (exact) mass is 221 g/mol. The van der Waals surface area contributed by atoms with Gasteiger partial charge in [-0.3, -0.25) is 9.69 Å². The van der Waals surface area contributed by atoms with Gasteiger partial charge in [0, 0.05) is 26.3 Å². The van der Waals surface area contributed by atoms with Crippen LogP contribution in [0, 0.1) is 0 Å². The number of methoxy groups -OCH3 is 2. The van der Waals surface area contributed by atoms with Crippen molar-refractivity contribution >= 4 is 6.41 Å². The number of hydrogen-bond acceptors (Lipinski definition) is 3. The third kappa shape index (κ3) is 1.42. The number of rotatable bonds is 3. The predicted molar refractivity (Wildman–Crippen MR) is 58.6 cm³/mol. The zero-order valence-corrected chi connectivity index (χ0v) is 9.47. The van der Waals surface area contributed by atoms with Gasteiger partial charge in [-0.2, -0.15) is 0 Å². The molecule has 2 rings (SSSR count). The molecule has 0 N–H and O–H groups in total. The highest BCUT2D eigenvalue weighted by Crippen LogP contribution is 2.35. The number of amides is 1. The van der Waals surface area contributed by atoms with Crippen molar-refractivity contribution < 1.29 is 14.3 Å². The first kappa shape index (κ1) is 11.1. The molecule has 0 aromatic heterocycles. The van der Waals surface area contributed by atoms with Gasteiger partial charge in [0.1, 0.15) is 0 Å². The molecule has 4 heteroatoms. The number of carbonyl (C=O) groups excluding carboxylic acids is 1. The Morgan fingerprint density at radius 3 is 2.62 bits per heavy atom. The number of hydrogen-bond donors (Lipinski definition) is 0. The molecule has 0 saturated heterocycles. The second kappa shape index (κ2) is 4.23. The summed E-state index contributed by atoms with van der Waals surface area (Å²) in [6.07, 6.45) is 1.59. The summed E-state index contributed by atoms with van der Waals surface area (Å²) < 4.78 is 10.9. The van der Waals surface area contributed by atoms with E-state index in [0.29, 0.717) is 6.54 Å². The molecule has 0 bridgehead atoms. The molecule has 1 heterocycles. The maximum absolute atomic E-state index is 11.1. The predicted octanol–water partition coefficient (Wildman–Crippen LogP) is 1.10. The van der Waals surface area contributed by atoms with E-state index in [9.17, 15) is 4.79 Å². The van der Waals surface area contributed by atoms with Gasteiger partial charge in [0.15, 0.2) is 0 Å². The first-order valence-electron chi connectivity index (χ1n) is 5.19. The van der Waals surface area contributed by atoms with E-state index in [4.69, 9.17) is 9.47 Å². The van der Waals surface area contributed by atoms with Gasteiger partial charge in [0.05, 0.1) is 0 Å². The highest BCUT2D eigenvalue weighted by atomic mass is 16.7. The molecular weight excluding hydrogens is 206 g/mol. The molecule has 0 fully saturated rings. The van der Waals surface area contributed by atoms with E-state index in [-0.39, 0.29) is 0 Å². The zero-order valence-electron chi connectivity index (χ0n) is 9.47. The third-order valence-corrected chi connectivity index (χ3v) is 3.04. The molecule has 1 aliphatic rings. The Balaban J connectivity index is 2.56. The van der Waals surface area contributed by atoms with Crippen molar-refractivity contribution in [1.82, 2.24) is 4.90 Å². The van der Waals surface area contributed by atoms with Gasteiger partial charge in [-0.05, 0) is 12.0 Å². The van der Waals surface area contributed by atoms with Crippen molar-refractivity contribution in [1.29, 1.82) is 0 Å². The van der Waals surface area contributed by atoms with Gasteiger partial charge in [0.25, 0.3) is 5.91 Å². The van der Waals surface area contributed by atoms with Crippen LogP contribution in [0.2, 0.25) is 0 Å². The van der Waals surface area contributed by atoms with Crippen molar-refractivity contribution in [3.05, 3.63) is 35.4 Å². The van der Waals surface area contributed by atoms with Gasteiger partial charge in [-0.1, -0.05) is 24.3 Å². The lowest BCUT2D eigenvalue weighted by Crippen LogP contribution is -2.52. The van der Waals surface area contributed by atoms with E-state index >= 15 is 0 Å². The van der Waals surface area contributed by atoms with Crippen LogP contribution in [0.1, 0.15) is 11.1 Å². The number of ether oxygens (including phenoxy) is 2. The van der Waals surface area contributed by atoms with Crippen molar-refractivity contribution in [2.75, 3.05) is 20.8 Å². The fourth-order valence-electron chi connectivity index (χ4n) is 2.25. The van der Waals surface area contributed by atoms with Crippen LogP contribution in [-0.4, -0.2) is 32.1 Å². The van der Waals surface area contributed by atoms with Gasteiger partial charge in [0.2, 0.25) is 6.41 Å². The molecule has 1 amide bonds. The van der Waals surface area contributed by atoms with E-state index in [1.54, 1.807) is 14.2 Å². The fraction of sp³-hybridized carbons (Fsp3) is 0.417. The van der Waals surface area contributed by atoms with Crippen LogP contribution >= 0.6 is 0 Å². The van der Waals surface area contributed by atoms with Gasteiger partial charge >= 0.3 is 0 Å². The van der Waals surface area contributed by atoms with Crippen LogP contribution in [-0.2, 0) is 26.6 Å². The molecule has 16 heavy (non-hydrogen) atoms. The maximum Gasteiger partial charge on any atom is 0.282 e. The van der Waals surface area contributed by atoms with E-state index in [0.717, 1.165) is 24.0 Å². The maximum atomic E-state index is 11.1. The first-order chi connectivity index (χ1) is 7.78. The summed E-state index contributed by atoms with van der Waals surface area (Å²) in [7, 11) is 3.09. The molecule has 0 aliphatic carbocycles. The van der Waals surface area contributed by atoms with Crippen LogP contribution < -0.4 is 0 Å². The smallest absolute Gasteiger partial charge is 0.282 e. The zero-order chi connectivity index (χ0) is 11.6. The Labute approximate surface area is 94.8 Å². The van der Waals surface area contributed by atoms with Gasteiger partial charge < -0.3 is 9.47 Å². The number of carbonyl (C=O) groups is 1. The molecule has 0 saturated carbocycles. The van der Waals surface area contributed by atoms with E-state index < -0.39 is 5.91 Å². The number of fused-ring (bicyclic) bond motifs is 1. The van der Waals surface area contributed by atoms with Gasteiger partial charge in [-0.15, -0.1) is 0 Å². The van der Waals surface area contributed by atoms with Crippen molar-refractivity contribution in [2.45, 2.75) is 12.3 Å². The van der Waals surface area contributed by atoms with Crippen LogP contribution in [0.15, 0.2) is 24.3 Å². The van der Waals surface area contributed by atoms with Crippen molar-refractivity contribution in [3.8, 4) is 0 Å². The van der Waals surface area contributed by atoms with Crippen LogP contribution in [0.4, 0.5) is 0 Å². The van der Waals surface area contributed by atoms with Crippen molar-refractivity contribution in [2.24, 2.45) is 0 Å². The van der Waals surface area contributed by atoms with Gasteiger partial charge in [-0.25, -0.2) is 0 Å². The Morgan fingerprint density at radius 1 is 1.31 bits per heavy atom. The van der Waals surface area contributed by atoms with E-state index in [1.165, 1.54) is 4.90 Å². The number of benzene rings is 1. The molecule has 1 aromatic carbocycles. The summed E-state index contributed by atoms with van der Waals surface area (Å²) in [5.74, 6) is -1.07. The third-order valence-electron chi connectivity index (χ3n) is 3.04. The number of nitrogens with zero attached hydrogens (tertiary/aromatic N) is 1. The lowest BCUT2D eigenvalue weighted by Gasteiger charge is -2.43. The highest BCUT2D eigenvalue weighted by Gasteiger charge is 2.43. The summed E-state index contributed by atoms with van der Waals surface area (Å²) in [4.78, 5) is 12.6. The van der Waals surface area contributed by atoms with Crippen LogP contribution in [0.5, 0.6) is 0 Å². The van der Waals surface area contributed by atoms with Crippen LogP contribution in [0.25, 0.3) is 0 Å². The Bertz CT molecular complexity index is 388. The second-order valence-corrected chi connectivity index (χ2v) is 3.70. The minimum absolute atomic E-state index is 0.599. The van der Waals surface area contributed by atoms with Crippen molar-refractivity contribution in [3.63, 3.8) is 0 Å². The lowest BCUT2D eigenvalue weighted by molar-refractivity contribution is -0.297. The average Bonchev–Trinajstić information content (AvgIpc) is 2.37. The molecule has 1 aliphatic heterocycles. The fourth-order valence-corrected chi connectivity index (χ4v) is 2.25. The molecule has 0 spiro atoms. The molecule has 1 aromatic rings. The first-order valence-corrected chi connectivity index (χ1v) is 5.19. The summed E-state index contributed by atoms with van der Waals surface area (Å²) in [6, 6.07) is 7.85. The quantitative estimate of drug-likeness (QED) is 0.567. The minimum Gasteiger partial charge on any atom is -0.332 e. The highest BCUT2D eigenvalue weighted by molar-refractivity contribution is 5.51. The topological polar surface area (TPSA) is 38.8 Å². The molecule has 0 atom stereocenters. The summed E-state index contributed by atoms with van der Waals surface area (Å²) >= 11 is 0. The Hall–Kier alpha value is -1.39. The normalized spacial score (nSPS) is 18.0. The Morgan fingerprint density at radius 2 is 2.00 bits per heavy atom. The SMILES string of the molecule is COC1(OC)c2ccccc2CCN1C=O. The van der Waals surface area contributed by atoms with E-state index in [1.807, 2.05) is 24.3 Å². The lowest BCUT2D eigenvalue weighted by atomic mass is 9.96.